The Hall–Kier alpha value is -2.13. The normalized spacial score (nSPS) is 12.2. The van der Waals surface area contributed by atoms with E-state index in [4.69, 9.17) is 24.1 Å². The van der Waals surface area contributed by atoms with Crippen molar-refractivity contribution in [3.63, 3.8) is 0 Å². The monoisotopic (exact) mass is 704 g/mol. The van der Waals surface area contributed by atoms with Crippen LogP contribution in [0, 0.1) is 27.4 Å². The molecule has 5 rings (SSSR count). The molecule has 0 aliphatic carbocycles. The Kier molecular flexibility index (Phi) is 15.0. The van der Waals surface area contributed by atoms with Crippen LogP contribution in [0.2, 0.25) is 0 Å². The summed E-state index contributed by atoms with van der Waals surface area (Å²) in [6, 6.07) is 30.6. The van der Waals surface area contributed by atoms with E-state index >= 15 is 0 Å². The van der Waals surface area contributed by atoms with Crippen molar-refractivity contribution in [3.05, 3.63) is 138 Å². The zero-order valence-electron chi connectivity index (χ0n) is 23.4. The Morgan fingerprint density at radius 1 is 0.925 bits per heavy atom. The fraction of sp³-hybridized carbons (Fsp3) is 0.212. The third-order valence-corrected chi connectivity index (χ3v) is 7.45. The number of para-hydroxylation sites is 1. The van der Waals surface area contributed by atoms with E-state index in [-0.39, 0.29) is 23.2 Å². The molecule has 4 aromatic carbocycles. The molecule has 0 saturated heterocycles. The van der Waals surface area contributed by atoms with Crippen molar-refractivity contribution in [2.45, 2.75) is 47.3 Å². The Balaban J connectivity index is 0.000000243. The Bertz CT molecular complexity index is 1290. The third kappa shape index (κ3) is 11.4. The van der Waals surface area contributed by atoms with Crippen LogP contribution in [0.5, 0.6) is 5.75 Å². The maximum atomic E-state index is 5.82. The van der Waals surface area contributed by atoms with Crippen LogP contribution in [0.4, 0.5) is 5.69 Å². The molecule has 0 bridgehead atoms. The number of ether oxygens (including phenoxy) is 1. The van der Waals surface area contributed by atoms with Crippen LogP contribution in [-0.2, 0) is 37.1 Å². The topological polar surface area (TPSA) is 15.7 Å². The first-order valence-electron chi connectivity index (χ1n) is 12.8. The summed E-state index contributed by atoms with van der Waals surface area (Å²) in [5.41, 5.74) is 7.41. The number of anilines is 1. The van der Waals surface area contributed by atoms with Gasteiger partial charge in [-0.3, -0.25) is 0 Å². The average Bonchev–Trinajstić information content (AvgIpc) is 3.65. The van der Waals surface area contributed by atoms with Crippen LogP contribution in [0.15, 0.2) is 103 Å². The largest absolute Gasteiger partial charge is 0.344 e. The fourth-order valence-corrected chi connectivity index (χ4v) is 5.97. The zero-order chi connectivity index (χ0) is 28.2. The number of hydrogen-bond donors (Lipinski definition) is 0. The first-order chi connectivity index (χ1) is 18.7. The molecular formula is C33H36Cl2FeN2ORu-2. The zero-order valence-corrected chi connectivity index (χ0v) is 27.8. The number of nitrogens with zero attached hydrogens (tertiary/aromatic N) is 2. The molecule has 0 aromatic heterocycles. The van der Waals surface area contributed by atoms with Gasteiger partial charge in [-0.25, -0.2) is 24.3 Å². The summed E-state index contributed by atoms with van der Waals surface area (Å²) in [5.74, 6) is 0.850. The second-order valence-electron chi connectivity index (χ2n) is 9.41. The SMILES string of the molecule is CC(C)Oc1ccccc1[CH]=[Ru]([Cl])[Cl].Cc1cc(C)c(N2[C]N(Cc3ccc[cH-]3)C=C2)c(C)c1.[Fe].c1cc[cH-]c1. The summed E-state index contributed by atoms with van der Waals surface area (Å²) in [6.07, 6.45) is 4.31. The third-order valence-electron chi connectivity index (χ3n) is 5.62. The molecule has 3 nitrogen and oxygen atoms in total. The molecule has 0 spiro atoms. The Labute approximate surface area is 264 Å². The summed E-state index contributed by atoms with van der Waals surface area (Å²) < 4.78 is 7.51. The molecule has 0 fully saturated rings. The van der Waals surface area contributed by atoms with Gasteiger partial charge in [-0.05, 0) is 31.9 Å². The number of halogens is 2. The molecule has 7 heteroatoms. The van der Waals surface area contributed by atoms with Crippen LogP contribution in [0.3, 0.4) is 0 Å². The predicted molar refractivity (Wildman–Crippen MR) is 164 cm³/mol. The van der Waals surface area contributed by atoms with Crippen LogP contribution < -0.4 is 9.64 Å². The van der Waals surface area contributed by atoms with Crippen molar-refractivity contribution < 1.29 is 35.3 Å². The number of hydrogen-bond acceptors (Lipinski definition) is 3. The van der Waals surface area contributed by atoms with Crippen LogP contribution in [0.1, 0.15) is 41.7 Å². The van der Waals surface area contributed by atoms with Gasteiger partial charge < -0.3 is 9.80 Å². The minimum absolute atomic E-state index is 0. The van der Waals surface area contributed by atoms with Gasteiger partial charge in [0.05, 0.1) is 0 Å². The van der Waals surface area contributed by atoms with Crippen molar-refractivity contribution in [1.82, 2.24) is 4.90 Å². The van der Waals surface area contributed by atoms with Gasteiger partial charge in [0, 0.05) is 41.7 Å². The summed E-state index contributed by atoms with van der Waals surface area (Å²) in [6.45, 7) is 14.7. The van der Waals surface area contributed by atoms with E-state index in [9.17, 15) is 0 Å². The van der Waals surface area contributed by atoms with Gasteiger partial charge in [0.15, 0.2) is 0 Å². The van der Waals surface area contributed by atoms with E-state index in [0.29, 0.717) is 0 Å². The van der Waals surface area contributed by atoms with Crippen LogP contribution in [-0.4, -0.2) is 15.6 Å². The molecular weight excluding hydrogens is 668 g/mol. The summed E-state index contributed by atoms with van der Waals surface area (Å²) in [5, 5.41) is 0. The number of benzene rings is 2. The summed E-state index contributed by atoms with van der Waals surface area (Å²) in [4.78, 5) is 4.18. The van der Waals surface area contributed by atoms with Crippen molar-refractivity contribution in [2.24, 2.45) is 0 Å². The molecule has 0 amide bonds. The van der Waals surface area contributed by atoms with Gasteiger partial charge in [0.1, 0.15) is 0 Å². The summed E-state index contributed by atoms with van der Waals surface area (Å²) in [7, 11) is 11.6. The smallest absolute Gasteiger partial charge is 0.213 e. The van der Waals surface area contributed by atoms with Crippen LogP contribution in [0.25, 0.3) is 0 Å². The van der Waals surface area contributed by atoms with Crippen LogP contribution >= 0.6 is 19.4 Å². The maximum Gasteiger partial charge on any atom is 0.213 e. The van der Waals surface area contributed by atoms with E-state index in [1.165, 1.54) is 27.9 Å². The summed E-state index contributed by atoms with van der Waals surface area (Å²) >= 11 is -1.77. The molecule has 1 heterocycles. The van der Waals surface area contributed by atoms with Gasteiger partial charge >= 0.3 is 97.8 Å². The van der Waals surface area contributed by atoms with E-state index in [1.807, 2.05) is 73.1 Å². The van der Waals surface area contributed by atoms with Crippen molar-refractivity contribution >= 4 is 29.7 Å². The molecule has 4 aromatic rings. The molecule has 1 aliphatic rings. The predicted octanol–water partition coefficient (Wildman–Crippen LogP) is 9.07. The quantitative estimate of drug-likeness (QED) is 0.147. The van der Waals surface area contributed by atoms with Gasteiger partial charge in [-0.15, -0.1) is 5.56 Å². The van der Waals surface area contributed by atoms with Crippen molar-refractivity contribution in [1.29, 1.82) is 0 Å². The van der Waals surface area contributed by atoms with Crippen molar-refractivity contribution in [3.8, 4) is 5.75 Å². The molecule has 0 atom stereocenters. The van der Waals surface area contributed by atoms with E-state index in [2.05, 4.69) is 86.0 Å². The molecule has 0 saturated carbocycles. The molecule has 40 heavy (non-hydrogen) atoms. The standard InChI is InChI=1S/C18H19N2.C10H12O.C5H5.2ClH.Fe.Ru/c1-14-10-15(2)18(16(3)11-14)20-9-8-19(13-20)12-17-6-4-5-7-17;1-8(2)11-10-7-5-4-6-9(10)3;1-2-4-5-3-1;;;;/h4-11H,12H2,1-3H3;3-8H,1-2H3;1-5H;2*1H;;/q-1;;-1;;;;+2/p-2. The fourth-order valence-electron chi connectivity index (χ4n) is 4.16. The average molecular weight is 704 g/mol. The number of aryl methyl sites for hydroxylation is 3. The van der Waals surface area contributed by atoms with E-state index in [1.54, 1.807) is 0 Å². The Morgan fingerprint density at radius 2 is 1.60 bits per heavy atom. The molecule has 2 radical (unpaired) electrons. The Morgan fingerprint density at radius 3 is 2.15 bits per heavy atom. The second-order valence-corrected chi connectivity index (χ2v) is 15.1. The minimum atomic E-state index is -1.77. The first kappa shape index (κ1) is 34.1. The number of rotatable bonds is 6. The minimum Gasteiger partial charge on any atom is -0.344 e. The second kappa shape index (κ2) is 17.6. The molecule has 0 unspecified atom stereocenters. The van der Waals surface area contributed by atoms with E-state index < -0.39 is 13.5 Å². The van der Waals surface area contributed by atoms with Gasteiger partial charge in [0.2, 0.25) is 6.67 Å². The van der Waals surface area contributed by atoms with Crippen molar-refractivity contribution in [2.75, 3.05) is 4.90 Å². The van der Waals surface area contributed by atoms with Gasteiger partial charge in [-0.1, -0.05) is 17.7 Å². The van der Waals surface area contributed by atoms with Gasteiger partial charge in [-0.2, -0.15) is 30.3 Å². The first-order valence-corrected chi connectivity index (χ1v) is 18.3. The molecule has 216 valence electrons. The maximum absolute atomic E-state index is 5.82. The van der Waals surface area contributed by atoms with E-state index in [0.717, 1.165) is 17.9 Å². The molecule has 0 N–H and O–H groups in total. The molecule has 1 aliphatic heterocycles. The van der Waals surface area contributed by atoms with Gasteiger partial charge in [0.25, 0.3) is 0 Å².